The fourth-order valence-electron chi connectivity index (χ4n) is 2.22. The molecule has 4 nitrogen and oxygen atoms in total. The first-order valence-electron chi connectivity index (χ1n) is 7.51. The van der Waals surface area contributed by atoms with Crippen molar-refractivity contribution in [2.45, 2.75) is 9.10 Å². The predicted octanol–water partition coefficient (Wildman–Crippen LogP) is 4.37. The molecule has 0 bridgehead atoms. The van der Waals surface area contributed by atoms with Gasteiger partial charge in [0.15, 0.2) is 5.11 Å². The van der Waals surface area contributed by atoms with Crippen molar-refractivity contribution in [1.29, 1.82) is 0 Å². The lowest BCUT2D eigenvalue weighted by Gasteiger charge is -2.27. The first-order valence-corrected chi connectivity index (χ1v) is 9.93. The van der Waals surface area contributed by atoms with Gasteiger partial charge in [0.25, 0.3) is 11.8 Å². The van der Waals surface area contributed by atoms with Crippen LogP contribution in [-0.4, -0.2) is 28.4 Å². The summed E-state index contributed by atoms with van der Waals surface area (Å²) >= 11 is 14.0. The number of rotatable bonds is 5. The van der Waals surface area contributed by atoms with Crippen LogP contribution < -0.4 is 5.32 Å². The van der Waals surface area contributed by atoms with Gasteiger partial charge in [-0.05, 0) is 54.7 Å². The van der Waals surface area contributed by atoms with E-state index in [4.69, 9.17) is 23.8 Å². The number of halogens is 1. The Morgan fingerprint density at radius 1 is 1.23 bits per heavy atom. The summed E-state index contributed by atoms with van der Waals surface area (Å²) in [5.74, 6) is -0.903. The van der Waals surface area contributed by atoms with Crippen molar-refractivity contribution in [1.82, 2.24) is 10.2 Å². The fraction of sp³-hybridized carbons (Fsp3) is 0.0556. The normalized spacial score (nSPS) is 16.1. The van der Waals surface area contributed by atoms with Crippen LogP contribution in [0.4, 0.5) is 0 Å². The van der Waals surface area contributed by atoms with E-state index in [-0.39, 0.29) is 17.2 Å². The average Bonchev–Trinajstić information content (AvgIpc) is 3.04. The second-order valence-corrected chi connectivity index (χ2v) is 8.55. The number of amides is 2. The van der Waals surface area contributed by atoms with Gasteiger partial charge in [-0.3, -0.25) is 19.8 Å². The fourth-order valence-corrected chi connectivity index (χ4v) is 4.66. The minimum atomic E-state index is -0.486. The highest BCUT2D eigenvalue weighted by molar-refractivity contribution is 8.01. The molecule has 0 saturated carbocycles. The van der Waals surface area contributed by atoms with Crippen molar-refractivity contribution in [2.75, 3.05) is 6.54 Å². The maximum Gasteiger partial charge on any atom is 0.265 e. The summed E-state index contributed by atoms with van der Waals surface area (Å²) in [6.45, 7) is 3.85. The summed E-state index contributed by atoms with van der Waals surface area (Å²) in [5.41, 5.74) is 0.0605. The highest BCUT2D eigenvalue weighted by atomic mass is 35.5. The standard InChI is InChI=1S/C18H13ClN2O2S3/c1-2-9-21-17(23)14(16(22)20-18(21)24)10-13-7-8-15(26-13)25-12-5-3-11(19)4-6-12/h2-8,10H,1,9H2,(H,20,22,24)/b14-10-. The summed E-state index contributed by atoms with van der Waals surface area (Å²) in [6, 6.07) is 11.4. The first kappa shape index (κ1) is 18.8. The second kappa shape index (κ2) is 8.18. The van der Waals surface area contributed by atoms with Crippen LogP contribution in [0.2, 0.25) is 5.02 Å². The molecule has 1 aliphatic heterocycles. The molecule has 0 radical (unpaired) electrons. The Labute approximate surface area is 169 Å². The molecule has 0 spiro atoms. The van der Waals surface area contributed by atoms with Crippen LogP contribution in [0.1, 0.15) is 4.88 Å². The third kappa shape index (κ3) is 4.24. The Hall–Kier alpha value is -1.93. The highest BCUT2D eigenvalue weighted by Gasteiger charge is 2.32. The van der Waals surface area contributed by atoms with E-state index in [9.17, 15) is 9.59 Å². The zero-order valence-electron chi connectivity index (χ0n) is 13.4. The third-order valence-electron chi connectivity index (χ3n) is 3.42. The van der Waals surface area contributed by atoms with Gasteiger partial charge in [-0.15, -0.1) is 17.9 Å². The molecule has 0 aliphatic carbocycles. The molecule has 2 amide bonds. The summed E-state index contributed by atoms with van der Waals surface area (Å²) in [5, 5.41) is 3.32. The van der Waals surface area contributed by atoms with Gasteiger partial charge < -0.3 is 0 Å². The van der Waals surface area contributed by atoms with Crippen LogP contribution in [-0.2, 0) is 9.59 Å². The molecule has 2 aromatic rings. The van der Waals surface area contributed by atoms with Crippen molar-refractivity contribution in [3.63, 3.8) is 0 Å². The molecule has 3 rings (SSSR count). The number of hydrogen-bond acceptors (Lipinski definition) is 5. The topological polar surface area (TPSA) is 49.4 Å². The summed E-state index contributed by atoms with van der Waals surface area (Å²) in [7, 11) is 0. The molecule has 1 aromatic heterocycles. The van der Waals surface area contributed by atoms with Gasteiger partial charge >= 0.3 is 0 Å². The van der Waals surface area contributed by atoms with Gasteiger partial charge in [0, 0.05) is 21.3 Å². The lowest BCUT2D eigenvalue weighted by atomic mass is 10.1. The van der Waals surface area contributed by atoms with Gasteiger partial charge in [0.2, 0.25) is 0 Å². The molecule has 132 valence electrons. The molecule has 1 saturated heterocycles. The maximum atomic E-state index is 12.5. The molecule has 1 N–H and O–H groups in total. The van der Waals surface area contributed by atoms with E-state index in [1.165, 1.54) is 16.2 Å². The minimum absolute atomic E-state index is 0.0605. The zero-order valence-corrected chi connectivity index (χ0v) is 16.6. The Balaban J connectivity index is 1.80. The SMILES string of the molecule is C=CCN1C(=O)/C(=C\c2ccc(Sc3ccc(Cl)cc3)s2)C(=O)NC1=S. The summed E-state index contributed by atoms with van der Waals surface area (Å²) in [4.78, 5) is 27.8. The molecular formula is C18H13ClN2O2S3. The number of benzene rings is 1. The smallest absolute Gasteiger partial charge is 0.265 e. The number of thiocarbonyl (C=S) groups is 1. The maximum absolute atomic E-state index is 12.5. The Bertz CT molecular complexity index is 919. The van der Waals surface area contributed by atoms with Crippen LogP contribution in [0.5, 0.6) is 0 Å². The van der Waals surface area contributed by atoms with Crippen molar-refractivity contribution in [3.8, 4) is 0 Å². The van der Waals surface area contributed by atoms with Crippen LogP contribution in [0.15, 0.2) is 63.7 Å². The lowest BCUT2D eigenvalue weighted by molar-refractivity contribution is -0.128. The van der Waals surface area contributed by atoms with Gasteiger partial charge in [-0.25, -0.2) is 0 Å². The quantitative estimate of drug-likeness (QED) is 0.338. The molecule has 26 heavy (non-hydrogen) atoms. The molecule has 0 atom stereocenters. The molecule has 1 fully saturated rings. The van der Waals surface area contributed by atoms with Crippen molar-refractivity contribution in [2.24, 2.45) is 0 Å². The molecule has 0 unspecified atom stereocenters. The van der Waals surface area contributed by atoms with Crippen LogP contribution in [0.25, 0.3) is 6.08 Å². The van der Waals surface area contributed by atoms with Crippen LogP contribution >= 0.6 is 46.9 Å². The van der Waals surface area contributed by atoms with Crippen LogP contribution in [0, 0.1) is 0 Å². The van der Waals surface area contributed by atoms with Gasteiger partial charge in [-0.1, -0.05) is 29.4 Å². The van der Waals surface area contributed by atoms with Gasteiger partial charge in [0.1, 0.15) is 5.57 Å². The third-order valence-corrected chi connectivity index (χ3v) is 6.16. The minimum Gasteiger partial charge on any atom is -0.298 e. The van der Waals surface area contributed by atoms with E-state index >= 15 is 0 Å². The van der Waals surface area contributed by atoms with Crippen molar-refractivity contribution < 1.29 is 9.59 Å². The van der Waals surface area contributed by atoms with E-state index < -0.39 is 11.8 Å². The lowest BCUT2D eigenvalue weighted by Crippen LogP contribution is -2.53. The monoisotopic (exact) mass is 420 g/mol. The molecular weight excluding hydrogens is 408 g/mol. The highest BCUT2D eigenvalue weighted by Crippen LogP contribution is 2.34. The van der Waals surface area contributed by atoms with Gasteiger partial charge in [-0.2, -0.15) is 0 Å². The van der Waals surface area contributed by atoms with E-state index in [0.29, 0.717) is 5.02 Å². The number of carbonyl (C=O) groups excluding carboxylic acids is 2. The van der Waals surface area contributed by atoms with Crippen molar-refractivity contribution >= 4 is 69.9 Å². The van der Waals surface area contributed by atoms with Crippen molar-refractivity contribution in [3.05, 3.63) is 64.5 Å². The predicted molar refractivity (Wildman–Crippen MR) is 111 cm³/mol. The molecule has 1 aromatic carbocycles. The summed E-state index contributed by atoms with van der Waals surface area (Å²) < 4.78 is 1.04. The second-order valence-electron chi connectivity index (χ2n) is 5.23. The molecule has 2 heterocycles. The number of nitrogens with one attached hydrogen (secondary N) is 1. The van der Waals surface area contributed by atoms with E-state index in [2.05, 4.69) is 11.9 Å². The zero-order chi connectivity index (χ0) is 18.7. The number of nitrogens with zero attached hydrogens (tertiary/aromatic N) is 1. The number of hydrogen-bond donors (Lipinski definition) is 1. The van der Waals surface area contributed by atoms with E-state index in [1.807, 2.05) is 36.4 Å². The Morgan fingerprint density at radius 3 is 2.65 bits per heavy atom. The molecule has 8 heteroatoms. The molecule has 1 aliphatic rings. The average molecular weight is 421 g/mol. The first-order chi connectivity index (χ1) is 12.5. The number of thiophene rings is 1. The Morgan fingerprint density at radius 2 is 1.96 bits per heavy atom. The van der Waals surface area contributed by atoms with E-state index in [1.54, 1.807) is 23.9 Å². The van der Waals surface area contributed by atoms with Crippen LogP contribution in [0.3, 0.4) is 0 Å². The summed E-state index contributed by atoms with van der Waals surface area (Å²) in [6.07, 6.45) is 3.15. The Kier molecular flexibility index (Phi) is 5.93. The largest absolute Gasteiger partial charge is 0.298 e. The van der Waals surface area contributed by atoms with E-state index in [0.717, 1.165) is 14.0 Å². The number of carbonyl (C=O) groups is 2. The van der Waals surface area contributed by atoms with Gasteiger partial charge in [0.05, 0.1) is 4.21 Å².